The molecule has 0 aliphatic rings. The van der Waals surface area contributed by atoms with Gasteiger partial charge in [0.1, 0.15) is 12.1 Å². The molecule has 0 N–H and O–H groups in total. The van der Waals surface area contributed by atoms with Crippen molar-refractivity contribution in [1.29, 1.82) is 0 Å². The number of pyridine rings is 1. The predicted octanol–water partition coefficient (Wildman–Crippen LogP) is 2.50. The highest BCUT2D eigenvalue weighted by molar-refractivity contribution is 6.34. The highest BCUT2D eigenvalue weighted by Crippen LogP contribution is 2.31. The van der Waals surface area contributed by atoms with Gasteiger partial charge in [-0.15, -0.1) is 0 Å². The SMILES string of the molecule is COC(=O)CC(=O)c1ncc(C(F)(F)F)cc1Cl. The molecule has 1 heterocycles. The molecule has 1 aromatic heterocycles. The molecule has 0 saturated carbocycles. The molecule has 98 valence electrons. The first-order valence-corrected chi connectivity index (χ1v) is 4.96. The molecule has 0 aliphatic carbocycles. The minimum Gasteiger partial charge on any atom is -0.469 e. The van der Waals surface area contributed by atoms with Gasteiger partial charge in [-0.25, -0.2) is 0 Å². The van der Waals surface area contributed by atoms with E-state index in [1.807, 2.05) is 0 Å². The van der Waals surface area contributed by atoms with E-state index >= 15 is 0 Å². The lowest BCUT2D eigenvalue weighted by Gasteiger charge is -2.08. The second kappa shape index (κ2) is 5.34. The van der Waals surface area contributed by atoms with Gasteiger partial charge in [-0.3, -0.25) is 14.6 Å². The monoisotopic (exact) mass is 281 g/mol. The number of ketones is 1. The van der Waals surface area contributed by atoms with E-state index in [1.54, 1.807) is 0 Å². The number of hydrogen-bond donors (Lipinski definition) is 0. The number of ether oxygens (including phenoxy) is 1. The average molecular weight is 282 g/mol. The summed E-state index contributed by atoms with van der Waals surface area (Å²) in [4.78, 5) is 25.6. The number of methoxy groups -OCH3 is 1. The average Bonchev–Trinajstić information content (AvgIpc) is 2.27. The van der Waals surface area contributed by atoms with Crippen molar-refractivity contribution < 1.29 is 27.5 Å². The third-order valence-electron chi connectivity index (χ3n) is 1.97. The smallest absolute Gasteiger partial charge is 0.417 e. The lowest BCUT2D eigenvalue weighted by Crippen LogP contribution is -2.13. The molecule has 0 bridgehead atoms. The summed E-state index contributed by atoms with van der Waals surface area (Å²) < 4.78 is 41.2. The van der Waals surface area contributed by atoms with Crippen molar-refractivity contribution in [3.05, 3.63) is 28.5 Å². The molecule has 1 rings (SSSR count). The van der Waals surface area contributed by atoms with E-state index in [9.17, 15) is 22.8 Å². The van der Waals surface area contributed by atoms with Crippen LogP contribution in [0.15, 0.2) is 12.3 Å². The second-order valence-corrected chi connectivity index (χ2v) is 3.64. The van der Waals surface area contributed by atoms with E-state index in [0.717, 1.165) is 7.11 Å². The van der Waals surface area contributed by atoms with Crippen molar-refractivity contribution in [2.75, 3.05) is 7.11 Å². The van der Waals surface area contributed by atoms with Crippen molar-refractivity contribution >= 4 is 23.4 Å². The molecule has 0 fully saturated rings. The molecule has 18 heavy (non-hydrogen) atoms. The van der Waals surface area contributed by atoms with Gasteiger partial charge in [0.15, 0.2) is 5.78 Å². The van der Waals surface area contributed by atoms with Crippen LogP contribution in [0.4, 0.5) is 13.2 Å². The molecule has 0 atom stereocenters. The fourth-order valence-corrected chi connectivity index (χ4v) is 1.36. The van der Waals surface area contributed by atoms with Gasteiger partial charge in [0.2, 0.25) is 0 Å². The predicted molar refractivity (Wildman–Crippen MR) is 55.2 cm³/mol. The topological polar surface area (TPSA) is 56.3 Å². The highest BCUT2D eigenvalue weighted by atomic mass is 35.5. The third kappa shape index (κ3) is 3.43. The second-order valence-electron chi connectivity index (χ2n) is 3.23. The maximum absolute atomic E-state index is 12.3. The zero-order chi connectivity index (χ0) is 13.9. The Balaban J connectivity index is 2.99. The van der Waals surface area contributed by atoms with Gasteiger partial charge in [0.25, 0.3) is 0 Å². The van der Waals surface area contributed by atoms with Gasteiger partial charge in [-0.1, -0.05) is 11.6 Å². The lowest BCUT2D eigenvalue weighted by atomic mass is 10.1. The number of rotatable bonds is 3. The maximum Gasteiger partial charge on any atom is 0.417 e. The van der Waals surface area contributed by atoms with Gasteiger partial charge in [-0.05, 0) is 6.07 Å². The lowest BCUT2D eigenvalue weighted by molar-refractivity contribution is -0.140. The van der Waals surface area contributed by atoms with Crippen molar-refractivity contribution in [2.45, 2.75) is 12.6 Å². The minimum absolute atomic E-state index is 0.393. The number of halogens is 4. The molecule has 0 radical (unpaired) electrons. The van der Waals surface area contributed by atoms with Crippen LogP contribution < -0.4 is 0 Å². The molecule has 0 amide bonds. The molecule has 8 heteroatoms. The molecule has 1 aromatic rings. The summed E-state index contributed by atoms with van der Waals surface area (Å²) in [5.74, 6) is -1.63. The normalized spacial score (nSPS) is 11.2. The Hall–Kier alpha value is -1.63. The van der Waals surface area contributed by atoms with Crippen LogP contribution in [0, 0.1) is 0 Å². The standard InChI is InChI=1S/C10H7ClF3NO3/c1-18-8(17)3-7(16)9-6(11)2-5(4-15-9)10(12,13)14/h2,4H,3H2,1H3. The number of esters is 1. The van der Waals surface area contributed by atoms with E-state index in [4.69, 9.17) is 11.6 Å². The number of alkyl halides is 3. The van der Waals surface area contributed by atoms with Gasteiger partial charge in [0, 0.05) is 6.20 Å². The first-order chi connectivity index (χ1) is 8.25. The number of Topliss-reactive ketones (excluding diaryl/α,β-unsaturated/α-hetero) is 1. The largest absolute Gasteiger partial charge is 0.469 e. The van der Waals surface area contributed by atoms with Gasteiger partial charge < -0.3 is 4.74 Å². The fraction of sp³-hybridized carbons (Fsp3) is 0.300. The molecule has 0 saturated heterocycles. The van der Waals surface area contributed by atoms with E-state index in [-0.39, 0.29) is 0 Å². The Morgan fingerprint density at radius 1 is 1.44 bits per heavy atom. The highest BCUT2D eigenvalue weighted by Gasteiger charge is 2.32. The van der Waals surface area contributed by atoms with Crippen molar-refractivity contribution in [3.8, 4) is 0 Å². The number of aromatic nitrogens is 1. The molecule has 4 nitrogen and oxygen atoms in total. The van der Waals surface area contributed by atoms with Gasteiger partial charge in [-0.2, -0.15) is 13.2 Å². The van der Waals surface area contributed by atoms with E-state index in [0.29, 0.717) is 12.3 Å². The molecular formula is C10H7ClF3NO3. The summed E-state index contributed by atoms with van der Waals surface area (Å²) in [6.45, 7) is 0. The number of hydrogen-bond acceptors (Lipinski definition) is 4. The van der Waals surface area contributed by atoms with Crippen LogP contribution in [0.5, 0.6) is 0 Å². The summed E-state index contributed by atoms with van der Waals surface area (Å²) in [5, 5.41) is -0.460. The summed E-state index contributed by atoms with van der Waals surface area (Å²) in [5.41, 5.74) is -1.46. The summed E-state index contributed by atoms with van der Waals surface area (Å²) in [7, 11) is 1.08. The van der Waals surface area contributed by atoms with Crippen LogP contribution in [0.1, 0.15) is 22.5 Å². The number of carbonyl (C=O) groups is 2. The Morgan fingerprint density at radius 2 is 2.06 bits per heavy atom. The quantitative estimate of drug-likeness (QED) is 0.485. The fourth-order valence-electron chi connectivity index (χ4n) is 1.09. The van der Waals surface area contributed by atoms with Crippen LogP contribution in [-0.2, 0) is 15.7 Å². The molecule has 0 aromatic carbocycles. The van der Waals surface area contributed by atoms with Crippen LogP contribution in [-0.4, -0.2) is 23.8 Å². The first-order valence-electron chi connectivity index (χ1n) is 4.58. The minimum atomic E-state index is -4.60. The first kappa shape index (κ1) is 14.4. The van der Waals surface area contributed by atoms with Crippen molar-refractivity contribution in [1.82, 2.24) is 4.98 Å². The molecular weight excluding hydrogens is 275 g/mol. The van der Waals surface area contributed by atoms with Crippen molar-refractivity contribution in [3.63, 3.8) is 0 Å². The van der Waals surface area contributed by atoms with Crippen LogP contribution in [0.25, 0.3) is 0 Å². The van der Waals surface area contributed by atoms with E-state index in [2.05, 4.69) is 9.72 Å². The van der Waals surface area contributed by atoms with Crippen LogP contribution in [0.2, 0.25) is 5.02 Å². The molecule has 0 unspecified atom stereocenters. The van der Waals surface area contributed by atoms with Crippen LogP contribution >= 0.6 is 11.6 Å². The molecule has 0 aliphatic heterocycles. The van der Waals surface area contributed by atoms with Crippen molar-refractivity contribution in [2.24, 2.45) is 0 Å². The molecule has 0 spiro atoms. The van der Waals surface area contributed by atoms with E-state index < -0.39 is 40.6 Å². The summed E-state index contributed by atoms with van der Waals surface area (Å²) >= 11 is 5.52. The van der Waals surface area contributed by atoms with Gasteiger partial charge in [0.05, 0.1) is 17.7 Å². The maximum atomic E-state index is 12.3. The Labute approximate surface area is 105 Å². The number of carbonyl (C=O) groups excluding carboxylic acids is 2. The van der Waals surface area contributed by atoms with Gasteiger partial charge >= 0.3 is 12.1 Å². The summed E-state index contributed by atoms with van der Waals surface area (Å²) in [6.07, 6.45) is -4.74. The van der Waals surface area contributed by atoms with Crippen LogP contribution in [0.3, 0.4) is 0 Å². The Morgan fingerprint density at radius 3 is 2.50 bits per heavy atom. The van der Waals surface area contributed by atoms with E-state index in [1.165, 1.54) is 0 Å². The Kier molecular flexibility index (Phi) is 4.28. The zero-order valence-electron chi connectivity index (χ0n) is 9.05. The zero-order valence-corrected chi connectivity index (χ0v) is 9.80. The number of nitrogens with zero attached hydrogens (tertiary/aromatic N) is 1. The third-order valence-corrected chi connectivity index (χ3v) is 2.25. The Bertz CT molecular complexity index is 488. The summed E-state index contributed by atoms with van der Waals surface area (Å²) in [6, 6.07) is 0.582.